The van der Waals surface area contributed by atoms with E-state index in [4.69, 9.17) is 10.5 Å². The summed E-state index contributed by atoms with van der Waals surface area (Å²) in [6, 6.07) is 5.73. The lowest BCUT2D eigenvalue weighted by molar-refractivity contribution is -0.140. The summed E-state index contributed by atoms with van der Waals surface area (Å²) in [6.07, 6.45) is -0.579. The smallest absolute Gasteiger partial charge is 0.253 e. The predicted octanol–water partition coefficient (Wildman–Crippen LogP) is 0.322. The van der Waals surface area contributed by atoms with Crippen LogP contribution >= 0.6 is 0 Å². The highest BCUT2D eigenvalue weighted by molar-refractivity contribution is 5.80. The van der Waals surface area contributed by atoms with Gasteiger partial charge in [0.25, 0.3) is 5.91 Å². The maximum Gasteiger partial charge on any atom is 0.253 e. The Balaban J connectivity index is 2.65. The van der Waals surface area contributed by atoms with Crippen molar-refractivity contribution in [1.82, 2.24) is 9.88 Å². The molecule has 2 N–H and O–H groups in total. The van der Waals surface area contributed by atoms with Crippen LogP contribution in [0.2, 0.25) is 0 Å². The zero-order valence-electron chi connectivity index (χ0n) is 10.5. The lowest BCUT2D eigenvalue weighted by Gasteiger charge is -2.21. The van der Waals surface area contributed by atoms with E-state index in [1.54, 1.807) is 11.9 Å². The third-order valence-electron chi connectivity index (χ3n) is 2.50. The summed E-state index contributed by atoms with van der Waals surface area (Å²) < 4.78 is 5.01. The molecule has 0 aliphatic carbocycles. The van der Waals surface area contributed by atoms with Gasteiger partial charge in [-0.15, -0.1) is 0 Å². The minimum Gasteiger partial charge on any atom is -0.370 e. The molecule has 0 aliphatic heterocycles. The molecular weight excluding hydrogens is 218 g/mol. The van der Waals surface area contributed by atoms with Crippen molar-refractivity contribution in [2.24, 2.45) is 5.73 Å². The maximum atomic E-state index is 11.9. The quantitative estimate of drug-likeness (QED) is 0.801. The lowest BCUT2D eigenvalue weighted by Crippen LogP contribution is -2.41. The highest BCUT2D eigenvalue weighted by Gasteiger charge is 2.20. The Morgan fingerprint density at radius 3 is 2.82 bits per heavy atom. The van der Waals surface area contributed by atoms with Gasteiger partial charge in [-0.3, -0.25) is 9.78 Å². The first-order chi connectivity index (χ1) is 8.08. The van der Waals surface area contributed by atoms with Crippen molar-refractivity contribution in [3.05, 3.63) is 29.6 Å². The topological polar surface area (TPSA) is 68.5 Å². The van der Waals surface area contributed by atoms with Gasteiger partial charge in [0, 0.05) is 26.4 Å². The Morgan fingerprint density at radius 1 is 1.59 bits per heavy atom. The molecule has 1 aromatic rings. The normalized spacial score (nSPS) is 12.2. The molecule has 94 valence electrons. The highest BCUT2D eigenvalue weighted by atomic mass is 16.5. The van der Waals surface area contributed by atoms with Crippen LogP contribution < -0.4 is 5.73 Å². The van der Waals surface area contributed by atoms with E-state index in [1.807, 2.05) is 25.1 Å². The van der Waals surface area contributed by atoms with Crippen LogP contribution in [0, 0.1) is 6.92 Å². The van der Waals surface area contributed by atoms with Gasteiger partial charge < -0.3 is 15.4 Å². The second-order valence-electron chi connectivity index (χ2n) is 3.92. The molecule has 0 saturated carbocycles. The number of aryl methyl sites for hydroxylation is 1. The summed E-state index contributed by atoms with van der Waals surface area (Å²) in [5.74, 6) is -0.127. The van der Waals surface area contributed by atoms with Crippen molar-refractivity contribution < 1.29 is 9.53 Å². The first-order valence-corrected chi connectivity index (χ1v) is 5.49. The monoisotopic (exact) mass is 237 g/mol. The SMILES string of the molecule is COC(CN)C(=O)N(C)Cc1cccc(C)n1. The van der Waals surface area contributed by atoms with Crippen LogP contribution in [0.1, 0.15) is 11.4 Å². The summed E-state index contributed by atoms with van der Waals surface area (Å²) in [5.41, 5.74) is 7.24. The number of aromatic nitrogens is 1. The zero-order chi connectivity index (χ0) is 12.8. The molecule has 0 aromatic carbocycles. The number of pyridine rings is 1. The number of carbonyl (C=O) groups excluding carboxylic acids is 1. The van der Waals surface area contributed by atoms with Crippen LogP contribution in [0.3, 0.4) is 0 Å². The number of hydrogen-bond acceptors (Lipinski definition) is 4. The molecule has 0 aliphatic rings. The van der Waals surface area contributed by atoms with Crippen LogP contribution in [0.4, 0.5) is 0 Å². The van der Waals surface area contributed by atoms with Gasteiger partial charge in [0.15, 0.2) is 0 Å². The third kappa shape index (κ3) is 3.80. The summed E-state index contributed by atoms with van der Waals surface area (Å²) in [4.78, 5) is 17.8. The van der Waals surface area contributed by atoms with Crippen molar-refractivity contribution in [2.75, 3.05) is 20.7 Å². The standard InChI is InChI=1S/C12H19N3O2/c1-9-5-4-6-10(14-9)8-15(2)12(16)11(7-13)17-3/h4-6,11H,7-8,13H2,1-3H3. The first kappa shape index (κ1) is 13.6. The fourth-order valence-electron chi connectivity index (χ4n) is 1.55. The lowest BCUT2D eigenvalue weighted by atomic mass is 10.2. The van der Waals surface area contributed by atoms with Gasteiger partial charge in [0.05, 0.1) is 12.2 Å². The van der Waals surface area contributed by atoms with Crippen molar-refractivity contribution in [3.63, 3.8) is 0 Å². The number of nitrogens with two attached hydrogens (primary N) is 1. The molecule has 1 aromatic heterocycles. The number of amides is 1. The Bertz CT molecular complexity index is 378. The molecule has 0 saturated heterocycles. The van der Waals surface area contributed by atoms with E-state index in [9.17, 15) is 4.79 Å². The largest absolute Gasteiger partial charge is 0.370 e. The first-order valence-electron chi connectivity index (χ1n) is 5.49. The molecule has 0 radical (unpaired) electrons. The van der Waals surface area contributed by atoms with E-state index in [1.165, 1.54) is 7.11 Å². The summed E-state index contributed by atoms with van der Waals surface area (Å²) in [5, 5.41) is 0. The molecule has 17 heavy (non-hydrogen) atoms. The van der Waals surface area contributed by atoms with Gasteiger partial charge >= 0.3 is 0 Å². The number of likely N-dealkylation sites (N-methyl/N-ethyl adjacent to an activating group) is 1. The van der Waals surface area contributed by atoms with Crippen molar-refractivity contribution in [2.45, 2.75) is 19.6 Å². The molecule has 1 unspecified atom stereocenters. The molecule has 1 atom stereocenters. The van der Waals surface area contributed by atoms with Gasteiger partial charge in [-0.05, 0) is 19.1 Å². The van der Waals surface area contributed by atoms with Crippen molar-refractivity contribution in [1.29, 1.82) is 0 Å². The molecule has 0 bridgehead atoms. The molecule has 5 heteroatoms. The average Bonchev–Trinajstić information content (AvgIpc) is 2.30. The van der Waals surface area contributed by atoms with E-state index in [0.29, 0.717) is 6.54 Å². The van der Waals surface area contributed by atoms with Crippen molar-refractivity contribution >= 4 is 5.91 Å². The van der Waals surface area contributed by atoms with Gasteiger partial charge in [-0.2, -0.15) is 0 Å². The van der Waals surface area contributed by atoms with Gasteiger partial charge in [0.1, 0.15) is 6.10 Å². The predicted molar refractivity (Wildman–Crippen MR) is 65.3 cm³/mol. The van der Waals surface area contributed by atoms with E-state index in [2.05, 4.69) is 4.98 Å². The van der Waals surface area contributed by atoms with E-state index in [0.717, 1.165) is 11.4 Å². The van der Waals surface area contributed by atoms with Gasteiger partial charge in [0.2, 0.25) is 0 Å². The van der Waals surface area contributed by atoms with Crippen LogP contribution in [0.25, 0.3) is 0 Å². The minimum absolute atomic E-state index is 0.127. The van der Waals surface area contributed by atoms with Crippen LogP contribution in [-0.2, 0) is 16.1 Å². The number of ether oxygens (including phenoxy) is 1. The molecule has 1 heterocycles. The molecular formula is C12H19N3O2. The summed E-state index contributed by atoms with van der Waals surface area (Å²) in [7, 11) is 3.20. The van der Waals surface area contributed by atoms with Crippen molar-refractivity contribution in [3.8, 4) is 0 Å². The summed E-state index contributed by atoms with van der Waals surface area (Å²) in [6.45, 7) is 2.56. The Kier molecular flexibility index (Phi) is 5.06. The number of hydrogen-bond donors (Lipinski definition) is 1. The fraction of sp³-hybridized carbons (Fsp3) is 0.500. The van der Waals surface area contributed by atoms with Crippen LogP contribution in [0.5, 0.6) is 0 Å². The van der Waals surface area contributed by atoms with E-state index >= 15 is 0 Å². The number of carbonyl (C=O) groups is 1. The summed E-state index contributed by atoms with van der Waals surface area (Å²) >= 11 is 0. The number of nitrogens with zero attached hydrogens (tertiary/aromatic N) is 2. The Labute approximate surface area is 102 Å². The molecule has 0 fully saturated rings. The zero-order valence-corrected chi connectivity index (χ0v) is 10.5. The second kappa shape index (κ2) is 6.32. The maximum absolute atomic E-state index is 11.9. The van der Waals surface area contributed by atoms with Crippen LogP contribution in [-0.4, -0.2) is 42.6 Å². The fourth-order valence-corrected chi connectivity index (χ4v) is 1.55. The van der Waals surface area contributed by atoms with Gasteiger partial charge in [-0.25, -0.2) is 0 Å². The molecule has 0 spiro atoms. The van der Waals surface area contributed by atoms with E-state index in [-0.39, 0.29) is 12.5 Å². The number of methoxy groups -OCH3 is 1. The van der Waals surface area contributed by atoms with Crippen LogP contribution in [0.15, 0.2) is 18.2 Å². The minimum atomic E-state index is -0.579. The highest BCUT2D eigenvalue weighted by Crippen LogP contribution is 2.04. The Morgan fingerprint density at radius 2 is 2.29 bits per heavy atom. The molecule has 1 rings (SSSR count). The van der Waals surface area contributed by atoms with E-state index < -0.39 is 6.10 Å². The second-order valence-corrected chi connectivity index (χ2v) is 3.92. The average molecular weight is 237 g/mol. The number of rotatable bonds is 5. The molecule has 1 amide bonds. The molecule has 5 nitrogen and oxygen atoms in total. The van der Waals surface area contributed by atoms with Gasteiger partial charge in [-0.1, -0.05) is 6.07 Å². The third-order valence-corrected chi connectivity index (χ3v) is 2.50. The Hall–Kier alpha value is -1.46.